The van der Waals surface area contributed by atoms with E-state index in [1.165, 1.54) is 0 Å². The van der Waals surface area contributed by atoms with Crippen LogP contribution in [0.1, 0.15) is 5.56 Å². The Morgan fingerprint density at radius 3 is 3.12 bits per heavy atom. The van der Waals surface area contributed by atoms with E-state index in [4.69, 9.17) is 11.6 Å². The monoisotopic (exact) mass is 251 g/mol. The third-order valence-corrected chi connectivity index (χ3v) is 3.60. The van der Waals surface area contributed by atoms with Crippen molar-refractivity contribution < 1.29 is 4.79 Å². The van der Waals surface area contributed by atoms with E-state index in [1.807, 2.05) is 19.1 Å². The highest BCUT2D eigenvalue weighted by atomic mass is 35.5. The number of carbonyl (C=O) groups excluding carboxylic acids is 1. The van der Waals surface area contributed by atoms with Crippen LogP contribution in [0.3, 0.4) is 0 Å². The Morgan fingerprint density at radius 2 is 2.29 bits per heavy atom. The lowest BCUT2D eigenvalue weighted by atomic mass is 10.0. The Kier molecular flexibility index (Phi) is 2.49. The molecule has 1 fully saturated rings. The SMILES string of the molecule is Cc1cc(Cl)cc2c1NC(=O)C1CNCCN21. The normalized spacial score (nSPS) is 22.8. The second kappa shape index (κ2) is 3.89. The van der Waals surface area contributed by atoms with Gasteiger partial charge in [-0.15, -0.1) is 0 Å². The van der Waals surface area contributed by atoms with Gasteiger partial charge < -0.3 is 15.5 Å². The number of carbonyl (C=O) groups is 1. The van der Waals surface area contributed by atoms with E-state index < -0.39 is 0 Å². The van der Waals surface area contributed by atoms with Gasteiger partial charge in [-0.1, -0.05) is 11.6 Å². The Morgan fingerprint density at radius 1 is 1.47 bits per heavy atom. The first-order chi connectivity index (χ1) is 8.16. The first kappa shape index (κ1) is 10.9. The summed E-state index contributed by atoms with van der Waals surface area (Å²) in [5.74, 6) is 0.0649. The summed E-state index contributed by atoms with van der Waals surface area (Å²) in [4.78, 5) is 14.1. The Bertz CT molecular complexity index is 489. The summed E-state index contributed by atoms with van der Waals surface area (Å²) in [6, 6.07) is 3.69. The number of amides is 1. The molecule has 1 aromatic carbocycles. The number of benzene rings is 1. The average Bonchev–Trinajstić information content (AvgIpc) is 2.31. The predicted molar refractivity (Wildman–Crippen MR) is 68.8 cm³/mol. The minimum Gasteiger partial charge on any atom is -0.355 e. The number of nitrogens with zero attached hydrogens (tertiary/aromatic N) is 1. The van der Waals surface area contributed by atoms with Gasteiger partial charge in [0, 0.05) is 24.7 Å². The Labute approximate surface area is 105 Å². The highest BCUT2D eigenvalue weighted by Crippen LogP contribution is 2.37. The smallest absolute Gasteiger partial charge is 0.248 e. The maximum Gasteiger partial charge on any atom is 0.248 e. The third-order valence-electron chi connectivity index (χ3n) is 3.38. The van der Waals surface area contributed by atoms with Crippen molar-refractivity contribution in [3.63, 3.8) is 0 Å². The lowest BCUT2D eigenvalue weighted by Gasteiger charge is -2.41. The van der Waals surface area contributed by atoms with Crippen molar-refractivity contribution in [1.29, 1.82) is 0 Å². The number of aryl methyl sites for hydroxylation is 1. The van der Waals surface area contributed by atoms with Gasteiger partial charge in [-0.2, -0.15) is 0 Å². The molecule has 0 aliphatic carbocycles. The molecule has 2 aliphatic heterocycles. The van der Waals surface area contributed by atoms with E-state index >= 15 is 0 Å². The Hall–Kier alpha value is -1.26. The molecule has 3 rings (SSSR count). The molecule has 1 unspecified atom stereocenters. The van der Waals surface area contributed by atoms with Crippen molar-refractivity contribution in [1.82, 2.24) is 5.32 Å². The lowest BCUT2D eigenvalue weighted by Crippen LogP contribution is -2.59. The maximum atomic E-state index is 12.0. The molecule has 1 amide bonds. The number of halogens is 1. The summed E-state index contributed by atoms with van der Waals surface area (Å²) < 4.78 is 0. The fraction of sp³-hybridized carbons (Fsp3) is 0.417. The molecule has 2 heterocycles. The highest BCUT2D eigenvalue weighted by molar-refractivity contribution is 6.31. The first-order valence-corrected chi connectivity index (χ1v) is 6.13. The standard InChI is InChI=1S/C12H14ClN3O/c1-7-4-8(13)5-9-11(7)15-12(17)10-6-14-2-3-16(9)10/h4-5,10,14H,2-3,6H2,1H3,(H,15,17). The molecule has 0 radical (unpaired) electrons. The molecular formula is C12H14ClN3O. The van der Waals surface area contributed by atoms with Crippen molar-refractivity contribution in [2.45, 2.75) is 13.0 Å². The summed E-state index contributed by atoms with van der Waals surface area (Å²) in [6.45, 7) is 4.39. The second-order valence-electron chi connectivity index (χ2n) is 4.52. The number of hydrogen-bond donors (Lipinski definition) is 2. The van der Waals surface area contributed by atoms with E-state index in [-0.39, 0.29) is 11.9 Å². The van der Waals surface area contributed by atoms with Crippen LogP contribution in [0.5, 0.6) is 0 Å². The summed E-state index contributed by atoms with van der Waals surface area (Å²) in [5, 5.41) is 6.93. The molecule has 17 heavy (non-hydrogen) atoms. The zero-order valence-electron chi connectivity index (χ0n) is 9.59. The Balaban J connectivity index is 2.13. The zero-order chi connectivity index (χ0) is 12.0. The number of anilines is 2. The van der Waals surface area contributed by atoms with E-state index in [0.29, 0.717) is 6.54 Å². The minimum atomic E-state index is -0.117. The molecule has 1 atom stereocenters. The van der Waals surface area contributed by atoms with E-state index in [2.05, 4.69) is 15.5 Å². The van der Waals surface area contributed by atoms with Crippen molar-refractivity contribution in [2.75, 3.05) is 29.9 Å². The number of nitrogens with one attached hydrogen (secondary N) is 2. The zero-order valence-corrected chi connectivity index (χ0v) is 10.3. The van der Waals surface area contributed by atoms with E-state index in [1.54, 1.807) is 0 Å². The van der Waals surface area contributed by atoms with Crippen LogP contribution < -0.4 is 15.5 Å². The van der Waals surface area contributed by atoms with Crippen LogP contribution in [0.25, 0.3) is 0 Å². The maximum absolute atomic E-state index is 12.0. The molecule has 4 nitrogen and oxygen atoms in total. The second-order valence-corrected chi connectivity index (χ2v) is 4.96. The van der Waals surface area contributed by atoms with Crippen LogP contribution in [-0.2, 0) is 4.79 Å². The van der Waals surface area contributed by atoms with E-state index in [0.717, 1.165) is 35.1 Å². The van der Waals surface area contributed by atoms with Crippen molar-refractivity contribution >= 4 is 28.9 Å². The van der Waals surface area contributed by atoms with Gasteiger partial charge >= 0.3 is 0 Å². The van der Waals surface area contributed by atoms with Crippen LogP contribution in [0.2, 0.25) is 5.02 Å². The van der Waals surface area contributed by atoms with Crippen LogP contribution >= 0.6 is 11.6 Å². The molecule has 5 heteroatoms. The molecular weight excluding hydrogens is 238 g/mol. The molecule has 0 bridgehead atoms. The molecule has 2 N–H and O–H groups in total. The quantitative estimate of drug-likeness (QED) is 0.732. The van der Waals surface area contributed by atoms with E-state index in [9.17, 15) is 4.79 Å². The predicted octanol–water partition coefficient (Wildman–Crippen LogP) is 1.38. The molecule has 1 saturated heterocycles. The summed E-state index contributed by atoms with van der Waals surface area (Å²) >= 11 is 6.09. The number of piperazine rings is 1. The largest absolute Gasteiger partial charge is 0.355 e. The fourth-order valence-electron chi connectivity index (χ4n) is 2.55. The summed E-state index contributed by atoms with van der Waals surface area (Å²) in [5.41, 5.74) is 2.96. The van der Waals surface area contributed by atoms with Gasteiger partial charge in [0.05, 0.1) is 11.4 Å². The molecule has 2 aliphatic rings. The molecule has 90 valence electrons. The number of rotatable bonds is 0. The van der Waals surface area contributed by atoms with Gasteiger partial charge in [0.1, 0.15) is 6.04 Å². The van der Waals surface area contributed by atoms with Crippen LogP contribution in [0, 0.1) is 6.92 Å². The minimum absolute atomic E-state index is 0.0649. The topological polar surface area (TPSA) is 44.4 Å². The van der Waals surface area contributed by atoms with Crippen LogP contribution in [0.4, 0.5) is 11.4 Å². The number of hydrogen-bond acceptors (Lipinski definition) is 3. The first-order valence-electron chi connectivity index (χ1n) is 5.75. The van der Waals surface area contributed by atoms with Gasteiger partial charge in [0.25, 0.3) is 0 Å². The van der Waals surface area contributed by atoms with Gasteiger partial charge in [0.15, 0.2) is 0 Å². The molecule has 0 aromatic heterocycles. The summed E-state index contributed by atoms with van der Waals surface area (Å²) in [7, 11) is 0. The van der Waals surface area contributed by atoms with Crippen molar-refractivity contribution in [3.05, 3.63) is 22.7 Å². The van der Waals surface area contributed by atoms with Crippen LogP contribution in [-0.4, -0.2) is 31.6 Å². The summed E-state index contributed by atoms with van der Waals surface area (Å²) in [6.07, 6.45) is 0. The third kappa shape index (κ3) is 1.68. The average molecular weight is 252 g/mol. The molecule has 1 aromatic rings. The molecule has 0 saturated carbocycles. The van der Waals surface area contributed by atoms with Gasteiger partial charge in [-0.3, -0.25) is 4.79 Å². The van der Waals surface area contributed by atoms with Crippen molar-refractivity contribution in [3.8, 4) is 0 Å². The lowest BCUT2D eigenvalue weighted by molar-refractivity contribution is -0.117. The van der Waals surface area contributed by atoms with Gasteiger partial charge in [-0.25, -0.2) is 0 Å². The van der Waals surface area contributed by atoms with Crippen LogP contribution in [0.15, 0.2) is 12.1 Å². The van der Waals surface area contributed by atoms with Gasteiger partial charge in [0.2, 0.25) is 5.91 Å². The van der Waals surface area contributed by atoms with Gasteiger partial charge in [-0.05, 0) is 24.6 Å². The highest BCUT2D eigenvalue weighted by Gasteiger charge is 2.35. The molecule has 0 spiro atoms. The fourth-order valence-corrected chi connectivity index (χ4v) is 2.82. The number of fused-ring (bicyclic) bond motifs is 3. The van der Waals surface area contributed by atoms with Crippen molar-refractivity contribution in [2.24, 2.45) is 0 Å².